The SMILES string of the molecule is COc1ccc(OC)c(CNC2CCCCCC2C)c1. The first kappa shape index (κ1) is 15.2. The smallest absolute Gasteiger partial charge is 0.123 e. The Morgan fingerprint density at radius 1 is 1.10 bits per heavy atom. The zero-order valence-corrected chi connectivity index (χ0v) is 12.9. The van der Waals surface area contributed by atoms with Crippen LogP contribution in [0.25, 0.3) is 0 Å². The topological polar surface area (TPSA) is 30.5 Å². The highest BCUT2D eigenvalue weighted by Gasteiger charge is 2.19. The zero-order chi connectivity index (χ0) is 14.4. The van der Waals surface area contributed by atoms with Crippen LogP contribution in [0.3, 0.4) is 0 Å². The van der Waals surface area contributed by atoms with Crippen molar-refractivity contribution in [1.82, 2.24) is 5.32 Å². The van der Waals surface area contributed by atoms with Gasteiger partial charge in [0.2, 0.25) is 0 Å². The second-order valence-electron chi connectivity index (χ2n) is 5.78. The van der Waals surface area contributed by atoms with E-state index in [1.54, 1.807) is 14.2 Å². The molecule has 0 aromatic heterocycles. The van der Waals surface area contributed by atoms with Crippen molar-refractivity contribution in [2.24, 2.45) is 5.92 Å². The van der Waals surface area contributed by atoms with Crippen molar-refractivity contribution in [3.05, 3.63) is 23.8 Å². The summed E-state index contributed by atoms with van der Waals surface area (Å²) >= 11 is 0. The molecule has 3 heteroatoms. The van der Waals surface area contributed by atoms with Gasteiger partial charge >= 0.3 is 0 Å². The van der Waals surface area contributed by atoms with E-state index in [4.69, 9.17) is 9.47 Å². The third-order valence-electron chi connectivity index (χ3n) is 4.40. The molecule has 1 saturated carbocycles. The average molecular weight is 277 g/mol. The summed E-state index contributed by atoms with van der Waals surface area (Å²) in [7, 11) is 3.42. The second-order valence-corrected chi connectivity index (χ2v) is 5.78. The lowest BCUT2D eigenvalue weighted by molar-refractivity contribution is 0.349. The minimum absolute atomic E-state index is 0.619. The van der Waals surface area contributed by atoms with Gasteiger partial charge < -0.3 is 14.8 Å². The van der Waals surface area contributed by atoms with Gasteiger partial charge in [0, 0.05) is 18.2 Å². The van der Waals surface area contributed by atoms with E-state index in [2.05, 4.69) is 18.3 Å². The van der Waals surface area contributed by atoms with E-state index < -0.39 is 0 Å². The fraction of sp³-hybridized carbons (Fsp3) is 0.647. The summed E-state index contributed by atoms with van der Waals surface area (Å²) in [5.41, 5.74) is 1.17. The molecule has 0 amide bonds. The van der Waals surface area contributed by atoms with Gasteiger partial charge in [0.05, 0.1) is 14.2 Å². The fourth-order valence-electron chi connectivity index (χ4n) is 3.06. The van der Waals surface area contributed by atoms with E-state index in [1.165, 1.54) is 37.7 Å². The zero-order valence-electron chi connectivity index (χ0n) is 12.9. The minimum atomic E-state index is 0.619. The number of nitrogens with one attached hydrogen (secondary N) is 1. The van der Waals surface area contributed by atoms with Gasteiger partial charge in [-0.2, -0.15) is 0 Å². The first-order valence-corrected chi connectivity index (χ1v) is 7.69. The predicted molar refractivity (Wildman–Crippen MR) is 82.4 cm³/mol. The Bertz CT molecular complexity index is 419. The van der Waals surface area contributed by atoms with Gasteiger partial charge in [-0.1, -0.05) is 26.2 Å². The summed E-state index contributed by atoms with van der Waals surface area (Å²) in [4.78, 5) is 0. The molecule has 1 aliphatic rings. The lowest BCUT2D eigenvalue weighted by Gasteiger charge is -2.23. The van der Waals surface area contributed by atoms with Crippen molar-refractivity contribution in [1.29, 1.82) is 0 Å². The Morgan fingerprint density at radius 2 is 1.90 bits per heavy atom. The minimum Gasteiger partial charge on any atom is -0.497 e. The first-order valence-electron chi connectivity index (χ1n) is 7.69. The Balaban J connectivity index is 2.01. The van der Waals surface area contributed by atoms with E-state index in [-0.39, 0.29) is 0 Å². The Kier molecular flexibility index (Phi) is 5.72. The molecule has 3 nitrogen and oxygen atoms in total. The highest BCUT2D eigenvalue weighted by Crippen LogP contribution is 2.26. The van der Waals surface area contributed by atoms with Crippen LogP contribution in [0.2, 0.25) is 0 Å². The van der Waals surface area contributed by atoms with Crippen LogP contribution < -0.4 is 14.8 Å². The predicted octanol–water partition coefficient (Wildman–Crippen LogP) is 3.76. The summed E-state index contributed by atoms with van der Waals surface area (Å²) in [6.07, 6.45) is 6.73. The summed E-state index contributed by atoms with van der Waals surface area (Å²) in [5.74, 6) is 2.57. The molecule has 1 N–H and O–H groups in total. The van der Waals surface area contributed by atoms with Gasteiger partial charge in [-0.15, -0.1) is 0 Å². The van der Waals surface area contributed by atoms with Gasteiger partial charge in [0.1, 0.15) is 11.5 Å². The van der Waals surface area contributed by atoms with Gasteiger partial charge in [-0.3, -0.25) is 0 Å². The Labute approximate surface area is 122 Å². The molecule has 0 heterocycles. The van der Waals surface area contributed by atoms with Crippen LogP contribution in [0, 0.1) is 5.92 Å². The number of ether oxygens (including phenoxy) is 2. The maximum absolute atomic E-state index is 5.44. The van der Waals surface area contributed by atoms with Crippen LogP contribution >= 0.6 is 0 Å². The van der Waals surface area contributed by atoms with E-state index in [0.717, 1.165) is 24.0 Å². The van der Waals surface area contributed by atoms with E-state index in [1.807, 2.05) is 12.1 Å². The van der Waals surface area contributed by atoms with E-state index in [9.17, 15) is 0 Å². The number of benzene rings is 1. The molecule has 1 aromatic rings. The normalized spacial score (nSPS) is 23.1. The van der Waals surface area contributed by atoms with Gasteiger partial charge in [0.15, 0.2) is 0 Å². The number of hydrogen-bond donors (Lipinski definition) is 1. The lowest BCUT2D eigenvalue weighted by Crippen LogP contribution is -2.33. The Hall–Kier alpha value is -1.22. The van der Waals surface area contributed by atoms with Gasteiger partial charge in [-0.25, -0.2) is 0 Å². The third kappa shape index (κ3) is 3.89. The van der Waals surface area contributed by atoms with Crippen LogP contribution in [0.4, 0.5) is 0 Å². The Morgan fingerprint density at radius 3 is 2.65 bits per heavy atom. The van der Waals surface area contributed by atoms with E-state index in [0.29, 0.717) is 6.04 Å². The van der Waals surface area contributed by atoms with Crippen molar-refractivity contribution < 1.29 is 9.47 Å². The number of rotatable bonds is 5. The number of methoxy groups -OCH3 is 2. The van der Waals surface area contributed by atoms with Gasteiger partial charge in [0.25, 0.3) is 0 Å². The van der Waals surface area contributed by atoms with Crippen molar-refractivity contribution >= 4 is 0 Å². The van der Waals surface area contributed by atoms with Crippen molar-refractivity contribution in [3.63, 3.8) is 0 Å². The van der Waals surface area contributed by atoms with Crippen LogP contribution in [-0.4, -0.2) is 20.3 Å². The maximum atomic E-state index is 5.44. The molecule has 2 rings (SSSR count). The standard InChI is InChI=1S/C17H27NO2/c1-13-7-5-4-6-8-16(13)18-12-14-11-15(19-2)9-10-17(14)20-3/h9-11,13,16,18H,4-8,12H2,1-3H3. The average Bonchev–Trinajstić information content (AvgIpc) is 2.69. The van der Waals surface area contributed by atoms with Gasteiger partial charge in [-0.05, 0) is 37.0 Å². The van der Waals surface area contributed by atoms with Crippen LogP contribution in [-0.2, 0) is 6.54 Å². The summed E-state index contributed by atoms with van der Waals surface area (Å²) in [6.45, 7) is 3.21. The molecule has 1 fully saturated rings. The molecular weight excluding hydrogens is 250 g/mol. The first-order chi connectivity index (χ1) is 9.74. The van der Waals surface area contributed by atoms with E-state index >= 15 is 0 Å². The fourth-order valence-corrected chi connectivity index (χ4v) is 3.06. The molecule has 0 radical (unpaired) electrons. The summed E-state index contributed by atoms with van der Waals surface area (Å²) in [5, 5.41) is 3.72. The molecule has 0 aliphatic heterocycles. The molecule has 2 unspecified atom stereocenters. The molecule has 0 spiro atoms. The van der Waals surface area contributed by atoms with Crippen LogP contribution in [0.15, 0.2) is 18.2 Å². The molecule has 20 heavy (non-hydrogen) atoms. The quantitative estimate of drug-likeness (QED) is 0.831. The molecule has 1 aliphatic carbocycles. The molecule has 112 valence electrons. The maximum Gasteiger partial charge on any atom is 0.123 e. The summed E-state index contributed by atoms with van der Waals surface area (Å²) < 4.78 is 10.7. The highest BCUT2D eigenvalue weighted by atomic mass is 16.5. The number of hydrogen-bond acceptors (Lipinski definition) is 3. The third-order valence-corrected chi connectivity index (χ3v) is 4.40. The molecular formula is C17H27NO2. The van der Waals surface area contributed by atoms with Crippen molar-refractivity contribution in [2.75, 3.05) is 14.2 Å². The molecule has 1 aromatic carbocycles. The van der Waals surface area contributed by atoms with Crippen LogP contribution in [0.1, 0.15) is 44.6 Å². The van der Waals surface area contributed by atoms with Crippen molar-refractivity contribution in [3.8, 4) is 11.5 Å². The summed E-state index contributed by atoms with van der Waals surface area (Å²) in [6, 6.07) is 6.60. The molecule has 0 bridgehead atoms. The molecule has 2 atom stereocenters. The lowest BCUT2D eigenvalue weighted by atomic mass is 9.96. The highest BCUT2D eigenvalue weighted by molar-refractivity contribution is 5.40. The van der Waals surface area contributed by atoms with Crippen molar-refractivity contribution in [2.45, 2.75) is 51.6 Å². The molecule has 0 saturated heterocycles. The largest absolute Gasteiger partial charge is 0.497 e. The second kappa shape index (κ2) is 7.53. The van der Waals surface area contributed by atoms with Crippen LogP contribution in [0.5, 0.6) is 11.5 Å². The monoisotopic (exact) mass is 277 g/mol.